The van der Waals surface area contributed by atoms with Crippen LogP contribution in [0.3, 0.4) is 0 Å². The molecule has 3 rings (SSSR count). The number of urea groups is 1. The van der Waals surface area contributed by atoms with E-state index in [-0.39, 0.29) is 35.8 Å². The minimum absolute atomic E-state index is 0.00548. The van der Waals surface area contributed by atoms with Crippen molar-refractivity contribution in [2.24, 2.45) is 0 Å². The highest BCUT2D eigenvalue weighted by Crippen LogP contribution is 2.35. The summed E-state index contributed by atoms with van der Waals surface area (Å²) in [7, 11) is 0. The number of allylic oxidation sites excluding steroid dienone is 1. The van der Waals surface area contributed by atoms with Gasteiger partial charge in [-0.25, -0.2) is 14.0 Å². The molecule has 0 fully saturated rings. The SMILES string of the molecule is CC1=C(C(=O)O)C(c2cccc([N+](=O)[O-])c2)N(CCCNCC(=O)c2ccc(F)cc2)C(=O)N1. The molecule has 0 spiro atoms. The van der Waals surface area contributed by atoms with E-state index in [4.69, 9.17) is 0 Å². The largest absolute Gasteiger partial charge is 0.478 e. The number of hydrogen-bond donors (Lipinski definition) is 3. The highest BCUT2D eigenvalue weighted by Gasteiger charge is 2.37. The zero-order valence-electron chi connectivity index (χ0n) is 18.3. The number of non-ortho nitro benzene ring substituents is 1. The molecule has 34 heavy (non-hydrogen) atoms. The molecule has 0 aliphatic carbocycles. The van der Waals surface area contributed by atoms with Crippen molar-refractivity contribution >= 4 is 23.5 Å². The predicted molar refractivity (Wildman–Crippen MR) is 120 cm³/mol. The zero-order valence-corrected chi connectivity index (χ0v) is 18.3. The van der Waals surface area contributed by atoms with Crippen molar-refractivity contribution in [1.82, 2.24) is 15.5 Å². The standard InChI is InChI=1S/C23H23FN4O6/c1-14-20(22(30)31)21(16-4-2-5-18(12-16)28(33)34)27(23(32)26-14)11-3-10-25-13-19(29)15-6-8-17(24)9-7-15/h2,4-9,12,21,25H,3,10-11,13H2,1H3,(H,26,32)(H,30,31). The number of nitro benzene ring substituents is 1. The number of halogens is 1. The van der Waals surface area contributed by atoms with Crippen LogP contribution < -0.4 is 10.6 Å². The molecule has 2 aromatic carbocycles. The molecule has 1 atom stereocenters. The fourth-order valence-electron chi connectivity index (χ4n) is 3.75. The Bertz CT molecular complexity index is 1150. The van der Waals surface area contributed by atoms with Gasteiger partial charge >= 0.3 is 12.0 Å². The summed E-state index contributed by atoms with van der Waals surface area (Å²) >= 11 is 0. The van der Waals surface area contributed by atoms with Crippen LogP contribution in [0.4, 0.5) is 14.9 Å². The molecule has 1 heterocycles. The molecular formula is C23H23FN4O6. The Labute approximate surface area is 194 Å². The van der Waals surface area contributed by atoms with E-state index in [2.05, 4.69) is 10.6 Å². The first-order chi connectivity index (χ1) is 16.2. The molecule has 0 saturated carbocycles. The van der Waals surface area contributed by atoms with Crippen molar-refractivity contribution < 1.29 is 28.8 Å². The summed E-state index contributed by atoms with van der Waals surface area (Å²) in [6, 6.07) is 9.16. The lowest BCUT2D eigenvalue weighted by Gasteiger charge is -2.37. The first kappa shape index (κ1) is 24.5. The maximum atomic E-state index is 13.0. The fourth-order valence-corrected chi connectivity index (χ4v) is 3.75. The maximum Gasteiger partial charge on any atom is 0.335 e. The first-order valence-corrected chi connectivity index (χ1v) is 10.4. The number of Topliss-reactive ketones (excluding diaryl/α,β-unsaturated/α-hetero) is 1. The summed E-state index contributed by atoms with van der Waals surface area (Å²) in [5.41, 5.74) is 0.529. The van der Waals surface area contributed by atoms with Crippen molar-refractivity contribution in [3.05, 3.63) is 86.9 Å². The second-order valence-electron chi connectivity index (χ2n) is 7.68. The van der Waals surface area contributed by atoms with Crippen LogP contribution in [0.1, 0.15) is 35.3 Å². The summed E-state index contributed by atoms with van der Waals surface area (Å²) in [5, 5.41) is 26.5. The van der Waals surface area contributed by atoms with Crippen molar-refractivity contribution in [1.29, 1.82) is 0 Å². The highest BCUT2D eigenvalue weighted by atomic mass is 19.1. The van der Waals surface area contributed by atoms with Gasteiger partial charge in [-0.2, -0.15) is 0 Å². The van der Waals surface area contributed by atoms with Crippen molar-refractivity contribution in [2.45, 2.75) is 19.4 Å². The lowest BCUT2D eigenvalue weighted by molar-refractivity contribution is -0.384. The Hall–Kier alpha value is -4.12. The Morgan fingerprint density at radius 2 is 1.94 bits per heavy atom. The summed E-state index contributed by atoms with van der Waals surface area (Å²) in [6.07, 6.45) is 0.376. The Balaban J connectivity index is 1.71. The number of nitro groups is 1. The monoisotopic (exact) mass is 470 g/mol. The maximum absolute atomic E-state index is 13.0. The average Bonchev–Trinajstić information content (AvgIpc) is 2.79. The van der Waals surface area contributed by atoms with E-state index < -0.39 is 28.8 Å². The number of rotatable bonds is 10. The van der Waals surface area contributed by atoms with Gasteiger partial charge in [-0.1, -0.05) is 12.1 Å². The molecule has 2 amide bonds. The minimum Gasteiger partial charge on any atom is -0.478 e. The summed E-state index contributed by atoms with van der Waals surface area (Å²) < 4.78 is 13.0. The van der Waals surface area contributed by atoms with Crippen LogP contribution in [0.15, 0.2) is 59.8 Å². The highest BCUT2D eigenvalue weighted by molar-refractivity contribution is 5.97. The number of ketones is 1. The molecule has 10 nitrogen and oxygen atoms in total. The number of hydrogen-bond acceptors (Lipinski definition) is 6. The van der Waals surface area contributed by atoms with Crippen molar-refractivity contribution in [3.8, 4) is 0 Å². The molecule has 1 aliphatic heterocycles. The van der Waals surface area contributed by atoms with Crippen LogP contribution in [0.25, 0.3) is 0 Å². The quantitative estimate of drug-likeness (QED) is 0.210. The lowest BCUT2D eigenvalue weighted by atomic mass is 9.93. The van der Waals surface area contributed by atoms with Crippen LogP contribution in [0.5, 0.6) is 0 Å². The van der Waals surface area contributed by atoms with Gasteiger partial charge in [0.15, 0.2) is 5.78 Å². The predicted octanol–water partition coefficient (Wildman–Crippen LogP) is 3.02. The number of carbonyl (C=O) groups is 3. The Morgan fingerprint density at radius 3 is 2.59 bits per heavy atom. The molecule has 178 valence electrons. The molecule has 2 aromatic rings. The topological polar surface area (TPSA) is 142 Å². The van der Waals surface area contributed by atoms with Gasteiger partial charge in [0, 0.05) is 29.9 Å². The van der Waals surface area contributed by atoms with Crippen LogP contribution in [-0.4, -0.2) is 52.3 Å². The van der Waals surface area contributed by atoms with E-state index in [1.54, 1.807) is 6.07 Å². The number of amides is 2. The van der Waals surface area contributed by atoms with Gasteiger partial charge in [0.25, 0.3) is 5.69 Å². The Morgan fingerprint density at radius 1 is 1.24 bits per heavy atom. The molecule has 1 aliphatic rings. The number of aliphatic carboxylic acids is 1. The van der Waals surface area contributed by atoms with E-state index in [0.717, 1.165) is 0 Å². The number of nitrogens with zero attached hydrogens (tertiary/aromatic N) is 2. The number of carboxylic acid groups (broad SMARTS) is 1. The van der Waals surface area contributed by atoms with Gasteiger partial charge in [-0.15, -0.1) is 0 Å². The van der Waals surface area contributed by atoms with Gasteiger partial charge in [-0.05, 0) is 49.7 Å². The van der Waals surface area contributed by atoms with Gasteiger partial charge in [-0.3, -0.25) is 14.9 Å². The molecule has 11 heteroatoms. The second kappa shape index (κ2) is 10.7. The molecule has 0 bridgehead atoms. The fraction of sp³-hybridized carbons (Fsp3) is 0.261. The van der Waals surface area contributed by atoms with E-state index >= 15 is 0 Å². The molecular weight excluding hydrogens is 447 g/mol. The van der Waals surface area contributed by atoms with Crippen molar-refractivity contribution in [3.63, 3.8) is 0 Å². The molecule has 1 unspecified atom stereocenters. The minimum atomic E-state index is -1.25. The molecule has 0 aromatic heterocycles. The summed E-state index contributed by atoms with van der Waals surface area (Å²) in [4.78, 5) is 48.8. The normalized spacial score (nSPS) is 15.8. The molecule has 3 N–H and O–H groups in total. The van der Waals surface area contributed by atoms with Gasteiger partial charge in [0.1, 0.15) is 5.82 Å². The number of carbonyl (C=O) groups excluding carboxylic acids is 2. The van der Waals surface area contributed by atoms with E-state index in [0.29, 0.717) is 24.1 Å². The van der Waals surface area contributed by atoms with Crippen LogP contribution >= 0.6 is 0 Å². The van der Waals surface area contributed by atoms with E-state index in [1.165, 1.54) is 54.3 Å². The van der Waals surface area contributed by atoms with Crippen molar-refractivity contribution in [2.75, 3.05) is 19.6 Å². The van der Waals surface area contributed by atoms with E-state index in [1.807, 2.05) is 0 Å². The average molecular weight is 470 g/mol. The summed E-state index contributed by atoms with van der Waals surface area (Å²) in [5.74, 6) is -1.91. The third-order valence-electron chi connectivity index (χ3n) is 5.38. The van der Waals surface area contributed by atoms with Crippen LogP contribution in [0, 0.1) is 15.9 Å². The number of nitrogens with one attached hydrogen (secondary N) is 2. The van der Waals surface area contributed by atoms with Gasteiger partial charge < -0.3 is 20.6 Å². The van der Waals surface area contributed by atoms with Crippen LogP contribution in [0.2, 0.25) is 0 Å². The number of carboxylic acids is 1. The summed E-state index contributed by atoms with van der Waals surface area (Å²) in [6.45, 7) is 1.93. The third-order valence-corrected chi connectivity index (χ3v) is 5.38. The third kappa shape index (κ3) is 5.62. The smallest absolute Gasteiger partial charge is 0.335 e. The van der Waals surface area contributed by atoms with Crippen LogP contribution in [-0.2, 0) is 4.79 Å². The van der Waals surface area contributed by atoms with Gasteiger partial charge in [0.05, 0.1) is 23.1 Å². The zero-order chi connectivity index (χ0) is 24.8. The van der Waals surface area contributed by atoms with E-state index in [9.17, 15) is 34.0 Å². The van der Waals surface area contributed by atoms with Gasteiger partial charge in [0.2, 0.25) is 0 Å². The first-order valence-electron chi connectivity index (χ1n) is 10.4. The second-order valence-corrected chi connectivity index (χ2v) is 7.68. The lowest BCUT2D eigenvalue weighted by Crippen LogP contribution is -2.49. The Kier molecular flexibility index (Phi) is 7.69. The number of benzene rings is 2. The molecule has 0 radical (unpaired) electrons. The molecule has 0 saturated heterocycles.